The summed E-state index contributed by atoms with van der Waals surface area (Å²) in [4.78, 5) is 2.44. The van der Waals surface area contributed by atoms with Gasteiger partial charge in [0, 0.05) is 12.0 Å². The molecule has 1 aliphatic heterocycles. The van der Waals surface area contributed by atoms with Gasteiger partial charge >= 0.3 is 0 Å². The van der Waals surface area contributed by atoms with Gasteiger partial charge in [-0.2, -0.15) is 0 Å². The van der Waals surface area contributed by atoms with Crippen LogP contribution in [-0.2, 0) is 5.41 Å². The van der Waals surface area contributed by atoms with Crippen molar-refractivity contribution in [1.29, 1.82) is 0 Å². The molecular weight excluding hydrogens is 234 g/mol. The van der Waals surface area contributed by atoms with Crippen molar-refractivity contribution in [3.8, 4) is 5.75 Å². The topological polar surface area (TPSA) is 12.5 Å². The molecule has 1 unspecified atom stereocenters. The second kappa shape index (κ2) is 6.25. The Bertz CT molecular complexity index is 425. The predicted molar refractivity (Wildman–Crippen MR) is 80.8 cm³/mol. The third kappa shape index (κ3) is 3.19. The molecular formula is C17H25NO. The normalized spacial score (nSPS) is 23.5. The van der Waals surface area contributed by atoms with Crippen molar-refractivity contribution >= 4 is 0 Å². The van der Waals surface area contributed by atoms with E-state index in [1.807, 2.05) is 6.07 Å². The van der Waals surface area contributed by atoms with Gasteiger partial charge in [-0.1, -0.05) is 38.1 Å². The Hall–Kier alpha value is -1.28. The zero-order valence-electron chi connectivity index (χ0n) is 12.2. The second-order valence-electron chi connectivity index (χ2n) is 5.65. The van der Waals surface area contributed by atoms with E-state index in [1.165, 1.54) is 31.4 Å². The van der Waals surface area contributed by atoms with E-state index < -0.39 is 0 Å². The average molecular weight is 259 g/mol. The highest BCUT2D eigenvalue weighted by Gasteiger charge is 2.37. The number of rotatable bonds is 6. The number of nitrogens with zero attached hydrogens (tertiary/aromatic N) is 1. The zero-order valence-corrected chi connectivity index (χ0v) is 12.2. The summed E-state index contributed by atoms with van der Waals surface area (Å²) in [6.45, 7) is 8.90. The van der Waals surface area contributed by atoms with E-state index in [1.54, 1.807) is 6.08 Å². The van der Waals surface area contributed by atoms with Crippen molar-refractivity contribution in [3.05, 3.63) is 42.5 Å². The van der Waals surface area contributed by atoms with Crippen molar-refractivity contribution in [2.24, 2.45) is 0 Å². The Morgan fingerprint density at radius 2 is 2.32 bits per heavy atom. The smallest absolute Gasteiger partial charge is 0.120 e. The standard InChI is InChI=1S/C17H25NO/c1-4-9-17(10-11-18(3)14-17)15-7-6-8-16(13-15)19-12-5-2/h5-8,13H,2,4,9-12,14H2,1,3H3. The number of hydrogen-bond acceptors (Lipinski definition) is 2. The Morgan fingerprint density at radius 3 is 2.95 bits per heavy atom. The lowest BCUT2D eigenvalue weighted by atomic mass is 9.76. The van der Waals surface area contributed by atoms with E-state index in [2.05, 4.69) is 43.6 Å². The van der Waals surface area contributed by atoms with Crippen LogP contribution in [0.1, 0.15) is 31.7 Å². The van der Waals surface area contributed by atoms with Crippen molar-refractivity contribution in [2.75, 3.05) is 26.7 Å². The summed E-state index contributed by atoms with van der Waals surface area (Å²) in [6, 6.07) is 8.63. The van der Waals surface area contributed by atoms with Gasteiger partial charge in [-0.05, 0) is 44.1 Å². The highest BCUT2D eigenvalue weighted by molar-refractivity contribution is 5.35. The first-order valence-corrected chi connectivity index (χ1v) is 7.23. The molecule has 0 spiro atoms. The Labute approximate surface area is 117 Å². The van der Waals surface area contributed by atoms with E-state index in [0.29, 0.717) is 12.0 Å². The quantitative estimate of drug-likeness (QED) is 0.723. The maximum Gasteiger partial charge on any atom is 0.120 e. The molecule has 1 aromatic rings. The van der Waals surface area contributed by atoms with Gasteiger partial charge in [0.2, 0.25) is 0 Å². The highest BCUT2D eigenvalue weighted by atomic mass is 16.5. The van der Waals surface area contributed by atoms with Crippen LogP contribution in [0.15, 0.2) is 36.9 Å². The van der Waals surface area contributed by atoms with E-state index in [9.17, 15) is 0 Å². The second-order valence-corrected chi connectivity index (χ2v) is 5.65. The molecule has 104 valence electrons. The maximum atomic E-state index is 5.67. The summed E-state index contributed by atoms with van der Waals surface area (Å²) in [5.41, 5.74) is 1.75. The zero-order chi connectivity index (χ0) is 13.7. The van der Waals surface area contributed by atoms with Crippen molar-refractivity contribution in [1.82, 2.24) is 4.90 Å². The molecule has 1 heterocycles. The van der Waals surface area contributed by atoms with Crippen molar-refractivity contribution < 1.29 is 4.74 Å². The van der Waals surface area contributed by atoms with Crippen LogP contribution in [0, 0.1) is 0 Å². The van der Waals surface area contributed by atoms with E-state index in [-0.39, 0.29) is 0 Å². The van der Waals surface area contributed by atoms with E-state index >= 15 is 0 Å². The van der Waals surface area contributed by atoms with Crippen LogP contribution in [0.3, 0.4) is 0 Å². The molecule has 2 nitrogen and oxygen atoms in total. The monoisotopic (exact) mass is 259 g/mol. The highest BCUT2D eigenvalue weighted by Crippen LogP contribution is 2.39. The summed E-state index contributed by atoms with van der Waals surface area (Å²) in [5, 5.41) is 0. The lowest BCUT2D eigenvalue weighted by Crippen LogP contribution is -2.29. The fourth-order valence-electron chi connectivity index (χ4n) is 3.21. The number of hydrogen-bond donors (Lipinski definition) is 0. The molecule has 0 N–H and O–H groups in total. The minimum atomic E-state index is 0.317. The Kier molecular flexibility index (Phi) is 4.65. The molecule has 0 aliphatic carbocycles. The van der Waals surface area contributed by atoms with Gasteiger partial charge in [0.25, 0.3) is 0 Å². The molecule has 0 amide bonds. The first kappa shape index (κ1) is 14.1. The Morgan fingerprint density at radius 1 is 1.47 bits per heavy atom. The summed E-state index contributed by atoms with van der Waals surface area (Å²) >= 11 is 0. The van der Waals surface area contributed by atoms with Crippen LogP contribution in [0.25, 0.3) is 0 Å². The number of benzene rings is 1. The number of likely N-dealkylation sites (N-methyl/N-ethyl adjacent to an activating group) is 1. The fraction of sp³-hybridized carbons (Fsp3) is 0.529. The molecule has 1 saturated heterocycles. The molecule has 2 heteroatoms. The third-order valence-corrected chi connectivity index (χ3v) is 4.09. The first-order valence-electron chi connectivity index (χ1n) is 7.23. The van der Waals surface area contributed by atoms with Gasteiger partial charge in [0.15, 0.2) is 0 Å². The van der Waals surface area contributed by atoms with E-state index in [4.69, 9.17) is 4.74 Å². The molecule has 0 saturated carbocycles. The van der Waals surface area contributed by atoms with Crippen LogP contribution in [0.4, 0.5) is 0 Å². The lowest BCUT2D eigenvalue weighted by molar-refractivity contribution is 0.344. The average Bonchev–Trinajstić information content (AvgIpc) is 2.80. The minimum Gasteiger partial charge on any atom is -0.490 e. The van der Waals surface area contributed by atoms with Crippen LogP contribution in [0.5, 0.6) is 5.75 Å². The van der Waals surface area contributed by atoms with Gasteiger partial charge in [0.05, 0.1) is 0 Å². The van der Waals surface area contributed by atoms with Crippen LogP contribution >= 0.6 is 0 Å². The predicted octanol–water partition coefficient (Wildman–Crippen LogP) is 3.62. The molecule has 1 atom stereocenters. The number of likely N-dealkylation sites (tertiary alicyclic amines) is 1. The van der Waals surface area contributed by atoms with Gasteiger partial charge in [-0.3, -0.25) is 0 Å². The molecule has 19 heavy (non-hydrogen) atoms. The van der Waals surface area contributed by atoms with Gasteiger partial charge < -0.3 is 9.64 Å². The van der Waals surface area contributed by atoms with Gasteiger partial charge in [0.1, 0.15) is 12.4 Å². The van der Waals surface area contributed by atoms with Gasteiger partial charge in [-0.15, -0.1) is 0 Å². The molecule has 0 aromatic heterocycles. The van der Waals surface area contributed by atoms with Gasteiger partial charge in [-0.25, -0.2) is 0 Å². The fourth-order valence-corrected chi connectivity index (χ4v) is 3.21. The number of ether oxygens (including phenoxy) is 1. The van der Waals surface area contributed by atoms with Crippen LogP contribution in [0.2, 0.25) is 0 Å². The summed E-state index contributed by atoms with van der Waals surface area (Å²) in [5.74, 6) is 0.961. The molecule has 1 aromatic carbocycles. The molecule has 2 rings (SSSR count). The summed E-state index contributed by atoms with van der Waals surface area (Å²) in [6.07, 6.45) is 5.52. The first-order chi connectivity index (χ1) is 9.20. The molecule has 0 bridgehead atoms. The van der Waals surface area contributed by atoms with Crippen molar-refractivity contribution in [3.63, 3.8) is 0 Å². The largest absolute Gasteiger partial charge is 0.490 e. The third-order valence-electron chi connectivity index (χ3n) is 4.09. The van der Waals surface area contributed by atoms with Crippen LogP contribution in [-0.4, -0.2) is 31.6 Å². The maximum absolute atomic E-state index is 5.67. The SMILES string of the molecule is C=CCOc1cccc(C2(CCC)CCN(C)C2)c1. The molecule has 0 radical (unpaired) electrons. The molecule has 1 fully saturated rings. The minimum absolute atomic E-state index is 0.317. The summed E-state index contributed by atoms with van der Waals surface area (Å²) < 4.78 is 5.67. The lowest BCUT2D eigenvalue weighted by Gasteiger charge is -2.29. The summed E-state index contributed by atoms with van der Waals surface area (Å²) in [7, 11) is 2.22. The van der Waals surface area contributed by atoms with Crippen molar-refractivity contribution in [2.45, 2.75) is 31.6 Å². The van der Waals surface area contributed by atoms with Crippen LogP contribution < -0.4 is 4.74 Å². The van der Waals surface area contributed by atoms with E-state index in [0.717, 1.165) is 12.3 Å². The molecule has 1 aliphatic rings. The Balaban J connectivity index is 2.24.